The lowest BCUT2D eigenvalue weighted by atomic mass is 10.1. The largest absolute Gasteiger partial charge is 0.366 e. The molecular weight excluding hydrogens is 244 g/mol. The fraction of sp³-hybridized carbons (Fsp3) is 0.0714. The van der Waals surface area contributed by atoms with Gasteiger partial charge >= 0.3 is 0 Å². The second-order valence-electron chi connectivity index (χ2n) is 4.08. The van der Waals surface area contributed by atoms with Crippen LogP contribution in [-0.4, -0.2) is 16.6 Å². The first-order valence-electron chi connectivity index (χ1n) is 5.59. The highest BCUT2D eigenvalue weighted by molar-refractivity contribution is 7.98. The van der Waals surface area contributed by atoms with Gasteiger partial charge in [0.1, 0.15) is 0 Å². The zero-order valence-corrected chi connectivity index (χ0v) is 10.7. The lowest BCUT2D eigenvalue weighted by molar-refractivity contribution is 0.100. The van der Waals surface area contributed by atoms with Crippen LogP contribution < -0.4 is 5.73 Å². The molecule has 0 aliphatic rings. The number of rotatable bonds is 2. The van der Waals surface area contributed by atoms with E-state index < -0.39 is 0 Å². The third-order valence-corrected chi connectivity index (χ3v) is 3.82. The number of carbonyl (C=O) groups is 1. The van der Waals surface area contributed by atoms with Gasteiger partial charge in [0.05, 0.1) is 16.6 Å². The molecule has 4 heteroatoms. The summed E-state index contributed by atoms with van der Waals surface area (Å²) in [6.07, 6.45) is 3.99. The lowest BCUT2D eigenvalue weighted by Gasteiger charge is -1.98. The fourth-order valence-corrected chi connectivity index (χ4v) is 2.74. The predicted molar refractivity (Wildman–Crippen MR) is 75.2 cm³/mol. The molecule has 0 saturated heterocycles. The maximum absolute atomic E-state index is 11.6. The van der Waals surface area contributed by atoms with E-state index in [4.69, 9.17) is 5.73 Å². The summed E-state index contributed by atoms with van der Waals surface area (Å²) in [6.45, 7) is 0. The summed E-state index contributed by atoms with van der Waals surface area (Å²) in [5, 5.41) is 0.909. The average molecular weight is 256 g/mol. The highest BCUT2D eigenvalue weighted by atomic mass is 32.2. The van der Waals surface area contributed by atoms with Gasteiger partial charge < -0.3 is 10.1 Å². The van der Waals surface area contributed by atoms with E-state index in [1.54, 1.807) is 11.8 Å². The molecule has 90 valence electrons. The predicted octanol–water partition coefficient (Wildman–Crippen LogP) is 2.91. The van der Waals surface area contributed by atoms with E-state index in [0.717, 1.165) is 16.4 Å². The normalized spacial score (nSPS) is 11.2. The van der Waals surface area contributed by atoms with Crippen LogP contribution in [0, 0.1) is 0 Å². The average Bonchev–Trinajstić information content (AvgIpc) is 2.72. The molecule has 0 saturated carbocycles. The summed E-state index contributed by atoms with van der Waals surface area (Å²) < 4.78 is 2.01. The summed E-state index contributed by atoms with van der Waals surface area (Å²) in [5.41, 5.74) is 7.98. The zero-order valence-electron chi connectivity index (χ0n) is 9.88. The van der Waals surface area contributed by atoms with Crippen LogP contribution in [0.2, 0.25) is 0 Å². The Balaban J connectivity index is 2.53. The number of carbonyl (C=O) groups excluding carboxylic acids is 1. The Morgan fingerprint density at radius 1 is 1.22 bits per heavy atom. The summed E-state index contributed by atoms with van der Waals surface area (Å²) >= 11 is 1.68. The van der Waals surface area contributed by atoms with E-state index in [1.165, 1.54) is 4.90 Å². The van der Waals surface area contributed by atoms with Crippen molar-refractivity contribution in [1.29, 1.82) is 0 Å². The van der Waals surface area contributed by atoms with Crippen LogP contribution in [0.5, 0.6) is 0 Å². The maximum Gasteiger partial charge on any atom is 0.251 e. The first-order valence-corrected chi connectivity index (χ1v) is 6.81. The van der Waals surface area contributed by atoms with Gasteiger partial charge in [0.25, 0.3) is 5.91 Å². The SMILES string of the molecule is CSc1ccc2c(C(N)=O)c3ccccn3c2c1. The molecule has 0 aliphatic carbocycles. The molecule has 2 heterocycles. The van der Waals surface area contributed by atoms with E-state index in [1.807, 2.05) is 47.2 Å². The van der Waals surface area contributed by atoms with Crippen molar-refractivity contribution in [3.63, 3.8) is 0 Å². The number of benzene rings is 1. The van der Waals surface area contributed by atoms with Crippen LogP contribution in [0.25, 0.3) is 16.4 Å². The Morgan fingerprint density at radius 3 is 2.78 bits per heavy atom. The van der Waals surface area contributed by atoms with Crippen molar-refractivity contribution < 1.29 is 4.79 Å². The summed E-state index contributed by atoms with van der Waals surface area (Å²) in [6, 6.07) is 11.8. The Bertz CT molecular complexity index is 761. The molecule has 18 heavy (non-hydrogen) atoms. The Hall–Kier alpha value is -1.94. The molecular formula is C14H12N2OS. The van der Waals surface area contributed by atoms with Gasteiger partial charge in [0.2, 0.25) is 0 Å². The third-order valence-electron chi connectivity index (χ3n) is 3.10. The van der Waals surface area contributed by atoms with E-state index in [2.05, 4.69) is 6.07 Å². The van der Waals surface area contributed by atoms with Gasteiger partial charge in [-0.25, -0.2) is 0 Å². The van der Waals surface area contributed by atoms with Crippen LogP contribution in [0.1, 0.15) is 10.4 Å². The van der Waals surface area contributed by atoms with Crippen LogP contribution in [-0.2, 0) is 0 Å². The summed E-state index contributed by atoms with van der Waals surface area (Å²) in [7, 11) is 0. The number of nitrogens with two attached hydrogens (primary N) is 1. The van der Waals surface area contributed by atoms with Gasteiger partial charge in [-0.2, -0.15) is 0 Å². The van der Waals surface area contributed by atoms with Crippen LogP contribution in [0.3, 0.4) is 0 Å². The van der Waals surface area contributed by atoms with Crippen LogP contribution >= 0.6 is 11.8 Å². The molecule has 1 amide bonds. The van der Waals surface area contributed by atoms with Crippen molar-refractivity contribution in [1.82, 2.24) is 4.40 Å². The Morgan fingerprint density at radius 2 is 2.06 bits per heavy atom. The fourth-order valence-electron chi connectivity index (χ4n) is 2.30. The van der Waals surface area contributed by atoms with E-state index in [9.17, 15) is 4.79 Å². The minimum Gasteiger partial charge on any atom is -0.366 e. The Labute approximate surface area is 109 Å². The van der Waals surface area contributed by atoms with Crippen molar-refractivity contribution in [3.05, 3.63) is 48.2 Å². The summed E-state index contributed by atoms with van der Waals surface area (Å²) in [5.74, 6) is -0.384. The van der Waals surface area contributed by atoms with Gasteiger partial charge in [-0.1, -0.05) is 12.1 Å². The molecule has 0 aliphatic heterocycles. The minimum atomic E-state index is -0.384. The maximum atomic E-state index is 11.6. The molecule has 0 atom stereocenters. The second-order valence-corrected chi connectivity index (χ2v) is 4.96. The molecule has 0 unspecified atom stereocenters. The number of aromatic nitrogens is 1. The van der Waals surface area contributed by atoms with Crippen molar-refractivity contribution in [2.45, 2.75) is 4.90 Å². The molecule has 0 fully saturated rings. The topological polar surface area (TPSA) is 47.5 Å². The smallest absolute Gasteiger partial charge is 0.251 e. The molecule has 3 rings (SSSR count). The first kappa shape index (κ1) is 11.2. The lowest BCUT2D eigenvalue weighted by Crippen LogP contribution is -2.10. The number of fused-ring (bicyclic) bond motifs is 3. The quantitative estimate of drug-likeness (QED) is 0.717. The molecule has 3 aromatic rings. The van der Waals surface area contributed by atoms with Crippen molar-refractivity contribution >= 4 is 34.1 Å². The first-order chi connectivity index (χ1) is 8.72. The Kier molecular flexibility index (Phi) is 2.52. The number of nitrogens with zero attached hydrogens (tertiary/aromatic N) is 1. The van der Waals surface area contributed by atoms with Crippen molar-refractivity contribution in [2.75, 3.05) is 6.26 Å². The van der Waals surface area contributed by atoms with Gasteiger partial charge in [-0.05, 0) is 30.5 Å². The molecule has 0 spiro atoms. The summed E-state index contributed by atoms with van der Waals surface area (Å²) in [4.78, 5) is 12.8. The number of amides is 1. The molecule has 0 radical (unpaired) electrons. The molecule has 3 nitrogen and oxygen atoms in total. The van der Waals surface area contributed by atoms with Gasteiger partial charge in [0, 0.05) is 16.5 Å². The number of hydrogen-bond acceptors (Lipinski definition) is 2. The number of pyridine rings is 1. The van der Waals surface area contributed by atoms with Gasteiger partial charge in [-0.3, -0.25) is 4.79 Å². The standard InChI is InChI=1S/C14H12N2OS/c1-18-9-5-6-10-12(8-9)16-7-3-2-4-11(16)13(10)14(15)17/h2-8H,1H3,(H2,15,17). The van der Waals surface area contributed by atoms with Gasteiger partial charge in [-0.15, -0.1) is 11.8 Å². The van der Waals surface area contributed by atoms with E-state index in [-0.39, 0.29) is 5.91 Å². The number of primary amides is 1. The highest BCUT2D eigenvalue weighted by Gasteiger charge is 2.15. The van der Waals surface area contributed by atoms with Crippen molar-refractivity contribution in [3.8, 4) is 0 Å². The molecule has 1 aromatic carbocycles. The number of thioether (sulfide) groups is 1. The van der Waals surface area contributed by atoms with Crippen LogP contribution in [0.15, 0.2) is 47.5 Å². The zero-order chi connectivity index (χ0) is 12.7. The monoisotopic (exact) mass is 256 g/mol. The van der Waals surface area contributed by atoms with E-state index >= 15 is 0 Å². The highest BCUT2D eigenvalue weighted by Crippen LogP contribution is 2.29. The van der Waals surface area contributed by atoms with E-state index in [0.29, 0.717) is 5.56 Å². The minimum absolute atomic E-state index is 0.384. The van der Waals surface area contributed by atoms with Gasteiger partial charge in [0.15, 0.2) is 0 Å². The van der Waals surface area contributed by atoms with Crippen molar-refractivity contribution in [2.24, 2.45) is 5.73 Å². The molecule has 2 aromatic heterocycles. The third kappa shape index (κ3) is 1.49. The molecule has 2 N–H and O–H groups in total. The molecule has 0 bridgehead atoms. The second kappa shape index (κ2) is 4.07. The number of hydrogen-bond donors (Lipinski definition) is 1. The van der Waals surface area contributed by atoms with Crippen LogP contribution in [0.4, 0.5) is 0 Å².